The molecule has 1 amide bonds. The zero-order valence-corrected chi connectivity index (χ0v) is 15.4. The van der Waals surface area contributed by atoms with Gasteiger partial charge in [0.15, 0.2) is 5.78 Å². The van der Waals surface area contributed by atoms with Crippen LogP contribution in [-0.2, 0) is 4.79 Å². The van der Waals surface area contributed by atoms with Gasteiger partial charge in [0.25, 0.3) is 0 Å². The number of hydrogen-bond acceptors (Lipinski definition) is 3. The molecule has 1 saturated heterocycles. The fourth-order valence-electron chi connectivity index (χ4n) is 3.50. The van der Waals surface area contributed by atoms with Crippen LogP contribution in [0.1, 0.15) is 35.7 Å². The quantitative estimate of drug-likeness (QED) is 0.832. The Morgan fingerprint density at radius 2 is 1.62 bits per heavy atom. The molecule has 0 radical (unpaired) electrons. The third-order valence-corrected chi connectivity index (χ3v) is 5.29. The number of para-hydroxylation sites is 1. The van der Waals surface area contributed by atoms with Crippen LogP contribution in [0.25, 0.3) is 0 Å². The zero-order valence-electron chi connectivity index (χ0n) is 15.4. The van der Waals surface area contributed by atoms with E-state index in [-0.39, 0.29) is 23.7 Å². The lowest BCUT2D eigenvalue weighted by atomic mass is 9.88. The first-order chi connectivity index (χ1) is 12.6. The summed E-state index contributed by atoms with van der Waals surface area (Å²) in [6, 6.07) is 17.1. The van der Waals surface area contributed by atoms with Crippen LogP contribution in [0.5, 0.6) is 0 Å². The fourth-order valence-corrected chi connectivity index (χ4v) is 3.50. The molecule has 0 aromatic heterocycles. The topological polar surface area (TPSA) is 49.4 Å². The van der Waals surface area contributed by atoms with Gasteiger partial charge in [0.1, 0.15) is 0 Å². The van der Waals surface area contributed by atoms with Gasteiger partial charge in [0, 0.05) is 17.2 Å². The van der Waals surface area contributed by atoms with Gasteiger partial charge in [-0.05, 0) is 51.4 Å². The molecule has 1 fully saturated rings. The summed E-state index contributed by atoms with van der Waals surface area (Å²) in [5, 5.41) is 3.02. The van der Waals surface area contributed by atoms with Gasteiger partial charge < -0.3 is 5.32 Å². The van der Waals surface area contributed by atoms with Crippen LogP contribution in [-0.4, -0.2) is 35.7 Å². The molecule has 1 aliphatic heterocycles. The molecule has 0 spiro atoms. The highest BCUT2D eigenvalue weighted by Crippen LogP contribution is 2.23. The molecule has 3 rings (SSSR count). The predicted molar refractivity (Wildman–Crippen MR) is 104 cm³/mol. The van der Waals surface area contributed by atoms with E-state index in [0.29, 0.717) is 0 Å². The smallest absolute Gasteiger partial charge is 0.241 e. The van der Waals surface area contributed by atoms with Crippen molar-refractivity contribution in [1.29, 1.82) is 0 Å². The Bertz CT molecular complexity index is 765. The fraction of sp³-hybridized carbons (Fsp3) is 0.364. The van der Waals surface area contributed by atoms with E-state index < -0.39 is 0 Å². The molecular weight excluding hydrogens is 324 g/mol. The van der Waals surface area contributed by atoms with Gasteiger partial charge in [-0.15, -0.1) is 0 Å². The van der Waals surface area contributed by atoms with Crippen LogP contribution >= 0.6 is 0 Å². The predicted octanol–water partition coefficient (Wildman–Crippen LogP) is 3.92. The molecule has 2 aromatic carbocycles. The number of hydrogen-bond donors (Lipinski definition) is 1. The van der Waals surface area contributed by atoms with Crippen molar-refractivity contribution < 1.29 is 9.59 Å². The SMILES string of the molecule is Cc1ccccc1NC(=O)C(C)N1CCC(C(=O)c2ccccc2)CC1. The molecule has 2 aromatic rings. The molecule has 1 heterocycles. The minimum Gasteiger partial charge on any atom is -0.324 e. The average molecular weight is 350 g/mol. The van der Waals surface area contributed by atoms with E-state index >= 15 is 0 Å². The maximum absolute atomic E-state index is 12.6. The van der Waals surface area contributed by atoms with Crippen LogP contribution < -0.4 is 5.32 Å². The monoisotopic (exact) mass is 350 g/mol. The van der Waals surface area contributed by atoms with Crippen molar-refractivity contribution in [1.82, 2.24) is 4.90 Å². The molecule has 26 heavy (non-hydrogen) atoms. The maximum Gasteiger partial charge on any atom is 0.241 e. The minimum atomic E-state index is -0.206. The van der Waals surface area contributed by atoms with Crippen LogP contribution in [0, 0.1) is 12.8 Å². The van der Waals surface area contributed by atoms with Crippen molar-refractivity contribution in [3.8, 4) is 0 Å². The largest absolute Gasteiger partial charge is 0.324 e. The Hall–Kier alpha value is -2.46. The molecular formula is C22H26N2O2. The molecule has 4 nitrogen and oxygen atoms in total. The van der Waals surface area contributed by atoms with Crippen molar-refractivity contribution in [2.75, 3.05) is 18.4 Å². The van der Waals surface area contributed by atoms with Gasteiger partial charge in [-0.2, -0.15) is 0 Å². The van der Waals surface area contributed by atoms with Crippen LogP contribution in [0.4, 0.5) is 5.69 Å². The second-order valence-corrected chi connectivity index (χ2v) is 7.02. The van der Waals surface area contributed by atoms with Crippen LogP contribution in [0.3, 0.4) is 0 Å². The Morgan fingerprint density at radius 3 is 2.27 bits per heavy atom. The number of ketones is 1. The Morgan fingerprint density at radius 1 is 1.00 bits per heavy atom. The van der Waals surface area contributed by atoms with E-state index in [1.165, 1.54) is 0 Å². The lowest BCUT2D eigenvalue weighted by Gasteiger charge is -2.34. The number of piperidine rings is 1. The van der Waals surface area contributed by atoms with E-state index in [0.717, 1.165) is 42.7 Å². The van der Waals surface area contributed by atoms with E-state index in [9.17, 15) is 9.59 Å². The summed E-state index contributed by atoms with van der Waals surface area (Å²) in [5.41, 5.74) is 2.70. The molecule has 136 valence electrons. The van der Waals surface area contributed by atoms with E-state index in [4.69, 9.17) is 0 Å². The Labute approximate surface area is 155 Å². The third kappa shape index (κ3) is 4.20. The van der Waals surface area contributed by atoms with Crippen molar-refractivity contribution in [2.24, 2.45) is 5.92 Å². The molecule has 4 heteroatoms. The number of likely N-dealkylation sites (tertiary alicyclic amines) is 1. The van der Waals surface area contributed by atoms with E-state index in [1.807, 2.05) is 68.4 Å². The molecule has 1 atom stereocenters. The van der Waals surface area contributed by atoms with Crippen molar-refractivity contribution in [2.45, 2.75) is 32.7 Å². The minimum absolute atomic E-state index is 0.00661. The maximum atomic E-state index is 12.6. The van der Waals surface area contributed by atoms with Crippen molar-refractivity contribution in [3.63, 3.8) is 0 Å². The number of anilines is 1. The van der Waals surface area contributed by atoms with E-state index in [1.54, 1.807) is 0 Å². The summed E-state index contributed by atoms with van der Waals surface area (Å²) < 4.78 is 0. The highest BCUT2D eigenvalue weighted by atomic mass is 16.2. The second kappa shape index (κ2) is 8.28. The molecule has 0 saturated carbocycles. The number of nitrogens with zero attached hydrogens (tertiary/aromatic N) is 1. The molecule has 1 N–H and O–H groups in total. The summed E-state index contributed by atoms with van der Waals surface area (Å²) in [7, 11) is 0. The Balaban J connectivity index is 1.55. The lowest BCUT2D eigenvalue weighted by molar-refractivity contribution is -0.121. The molecule has 1 aliphatic rings. The highest BCUT2D eigenvalue weighted by Gasteiger charge is 2.30. The number of amides is 1. The standard InChI is InChI=1S/C22H26N2O2/c1-16-8-6-7-11-20(16)23-22(26)17(2)24-14-12-19(13-15-24)21(25)18-9-4-3-5-10-18/h3-11,17,19H,12-15H2,1-2H3,(H,23,26). The van der Waals surface area contributed by atoms with Gasteiger partial charge in [-0.25, -0.2) is 0 Å². The van der Waals surface area contributed by atoms with Gasteiger partial charge >= 0.3 is 0 Å². The summed E-state index contributed by atoms with van der Waals surface area (Å²) in [4.78, 5) is 27.3. The first-order valence-electron chi connectivity index (χ1n) is 9.26. The third-order valence-electron chi connectivity index (χ3n) is 5.29. The van der Waals surface area contributed by atoms with E-state index in [2.05, 4.69) is 10.2 Å². The highest BCUT2D eigenvalue weighted by molar-refractivity contribution is 5.98. The lowest BCUT2D eigenvalue weighted by Crippen LogP contribution is -2.47. The average Bonchev–Trinajstić information content (AvgIpc) is 2.69. The van der Waals surface area contributed by atoms with Gasteiger partial charge in [-0.3, -0.25) is 14.5 Å². The number of Topliss-reactive ketones (excluding diaryl/α,β-unsaturated/α-hetero) is 1. The molecule has 0 bridgehead atoms. The molecule has 0 aliphatic carbocycles. The number of carbonyl (C=O) groups is 2. The van der Waals surface area contributed by atoms with Crippen molar-refractivity contribution in [3.05, 3.63) is 65.7 Å². The zero-order chi connectivity index (χ0) is 18.5. The summed E-state index contributed by atoms with van der Waals surface area (Å²) in [6.45, 7) is 5.46. The number of benzene rings is 2. The van der Waals surface area contributed by atoms with Crippen molar-refractivity contribution >= 4 is 17.4 Å². The Kier molecular flexibility index (Phi) is 5.84. The van der Waals surface area contributed by atoms with Gasteiger partial charge in [0.2, 0.25) is 5.91 Å². The number of carbonyl (C=O) groups excluding carboxylic acids is 2. The first-order valence-corrected chi connectivity index (χ1v) is 9.26. The van der Waals surface area contributed by atoms with Crippen LogP contribution in [0.15, 0.2) is 54.6 Å². The molecule has 1 unspecified atom stereocenters. The number of aryl methyl sites for hydroxylation is 1. The normalized spacial score (nSPS) is 16.8. The summed E-state index contributed by atoms with van der Waals surface area (Å²) in [5.74, 6) is 0.287. The first kappa shape index (κ1) is 18.3. The van der Waals surface area contributed by atoms with Gasteiger partial charge in [-0.1, -0.05) is 48.5 Å². The number of nitrogens with one attached hydrogen (secondary N) is 1. The van der Waals surface area contributed by atoms with Gasteiger partial charge in [0.05, 0.1) is 6.04 Å². The number of rotatable bonds is 5. The summed E-state index contributed by atoms with van der Waals surface area (Å²) in [6.07, 6.45) is 1.60. The second-order valence-electron chi connectivity index (χ2n) is 7.02. The van der Waals surface area contributed by atoms with Crippen LogP contribution in [0.2, 0.25) is 0 Å². The summed E-state index contributed by atoms with van der Waals surface area (Å²) >= 11 is 0.